The summed E-state index contributed by atoms with van der Waals surface area (Å²) in [5, 5.41) is 26.2. The second-order valence-corrected chi connectivity index (χ2v) is 8.33. The lowest BCUT2D eigenvalue weighted by molar-refractivity contribution is -0.0319. The zero-order valence-corrected chi connectivity index (χ0v) is 17.3. The first-order chi connectivity index (χ1) is 14.5. The monoisotopic (exact) mass is 415 g/mol. The third kappa shape index (κ3) is 4.53. The maximum Gasteiger partial charge on any atom is 0.274 e. The lowest BCUT2D eigenvalue weighted by atomic mass is 9.91. The number of hydrogen-bond donors (Lipinski definition) is 2. The molecule has 2 aromatic heterocycles. The highest BCUT2D eigenvalue weighted by Crippen LogP contribution is 2.25. The number of aromatic nitrogens is 5. The van der Waals surface area contributed by atoms with Crippen molar-refractivity contribution in [3.63, 3.8) is 0 Å². The van der Waals surface area contributed by atoms with E-state index in [-0.39, 0.29) is 30.1 Å². The van der Waals surface area contributed by atoms with Crippen LogP contribution in [0.15, 0.2) is 18.5 Å². The maximum atomic E-state index is 12.6. The summed E-state index contributed by atoms with van der Waals surface area (Å²) in [5.41, 5.74) is -0.298. The molecule has 2 N–H and O–H groups in total. The predicted octanol–water partition coefficient (Wildman–Crippen LogP) is 0.834. The first-order valence-electron chi connectivity index (χ1n) is 10.7. The van der Waals surface area contributed by atoms with Crippen LogP contribution in [0, 0.1) is 0 Å². The number of aryl methyl sites for hydroxylation is 1. The average molecular weight is 415 g/mol. The highest BCUT2D eigenvalue weighted by atomic mass is 16.3. The van der Waals surface area contributed by atoms with Gasteiger partial charge in [0, 0.05) is 31.9 Å². The second kappa shape index (κ2) is 8.55. The Kier molecular flexibility index (Phi) is 5.85. The SMILES string of the molecule is CCn1ccc(C(=O)N2CCC(O)(Cn3cc(C(=O)NC4CCCC4)nn3)CC2)n1. The van der Waals surface area contributed by atoms with Crippen LogP contribution in [0.1, 0.15) is 66.4 Å². The zero-order chi connectivity index (χ0) is 21.1. The van der Waals surface area contributed by atoms with E-state index in [0.29, 0.717) is 38.2 Å². The van der Waals surface area contributed by atoms with Gasteiger partial charge in [-0.25, -0.2) is 4.68 Å². The Hall–Kier alpha value is -2.75. The summed E-state index contributed by atoms with van der Waals surface area (Å²) in [6.45, 7) is 3.81. The topological polar surface area (TPSA) is 118 Å². The van der Waals surface area contributed by atoms with E-state index in [1.165, 1.54) is 4.68 Å². The molecule has 0 aromatic carbocycles. The van der Waals surface area contributed by atoms with Crippen molar-refractivity contribution in [3.05, 3.63) is 29.8 Å². The number of piperidine rings is 1. The standard InChI is InChI=1S/C20H29N7O3/c1-2-26-10-7-16(23-26)19(29)25-11-8-20(30,9-12-25)14-27-13-17(22-24-27)18(28)21-15-5-3-4-6-15/h7,10,13,15,30H,2-6,8-9,11-12,14H2,1H3,(H,21,28). The Balaban J connectivity index is 1.31. The van der Waals surface area contributed by atoms with Crippen LogP contribution in [0.5, 0.6) is 0 Å². The number of hydrogen-bond acceptors (Lipinski definition) is 6. The van der Waals surface area contributed by atoms with Crippen LogP contribution in [0.4, 0.5) is 0 Å². The molecule has 0 spiro atoms. The van der Waals surface area contributed by atoms with Crippen LogP contribution in [0.3, 0.4) is 0 Å². The minimum Gasteiger partial charge on any atom is -0.388 e. The van der Waals surface area contributed by atoms with Crippen LogP contribution < -0.4 is 5.32 Å². The van der Waals surface area contributed by atoms with Gasteiger partial charge in [-0.1, -0.05) is 18.1 Å². The number of nitrogens with zero attached hydrogens (tertiary/aromatic N) is 6. The summed E-state index contributed by atoms with van der Waals surface area (Å²) < 4.78 is 3.24. The number of nitrogens with one attached hydrogen (secondary N) is 1. The Labute approximate surface area is 175 Å². The number of aliphatic hydroxyl groups is 1. The van der Waals surface area contributed by atoms with Gasteiger partial charge in [0.05, 0.1) is 18.3 Å². The number of amides is 2. The molecule has 2 aromatic rings. The summed E-state index contributed by atoms with van der Waals surface area (Å²) >= 11 is 0. The van der Waals surface area contributed by atoms with E-state index in [0.717, 1.165) is 25.7 Å². The quantitative estimate of drug-likeness (QED) is 0.722. The van der Waals surface area contributed by atoms with Gasteiger partial charge >= 0.3 is 0 Å². The first-order valence-corrected chi connectivity index (χ1v) is 10.7. The molecule has 162 valence electrons. The molecule has 2 fully saturated rings. The molecule has 0 atom stereocenters. The Bertz CT molecular complexity index is 892. The number of carbonyl (C=O) groups is 2. The van der Waals surface area contributed by atoms with Crippen molar-refractivity contribution in [1.82, 2.24) is 35.0 Å². The zero-order valence-electron chi connectivity index (χ0n) is 17.3. The fourth-order valence-electron chi connectivity index (χ4n) is 4.21. The fraction of sp³-hybridized carbons (Fsp3) is 0.650. The minimum atomic E-state index is -0.994. The Morgan fingerprint density at radius 2 is 1.93 bits per heavy atom. The van der Waals surface area contributed by atoms with E-state index in [1.807, 2.05) is 6.92 Å². The van der Waals surface area contributed by atoms with Crippen molar-refractivity contribution in [3.8, 4) is 0 Å². The largest absolute Gasteiger partial charge is 0.388 e. The van der Waals surface area contributed by atoms with Gasteiger partial charge in [-0.15, -0.1) is 5.10 Å². The first kappa shape index (κ1) is 20.5. The van der Waals surface area contributed by atoms with Gasteiger partial charge in [0.2, 0.25) is 0 Å². The van der Waals surface area contributed by atoms with Crippen molar-refractivity contribution < 1.29 is 14.7 Å². The minimum absolute atomic E-state index is 0.115. The smallest absolute Gasteiger partial charge is 0.274 e. The predicted molar refractivity (Wildman–Crippen MR) is 108 cm³/mol. The molecule has 0 bridgehead atoms. The van der Waals surface area contributed by atoms with Gasteiger partial charge in [0.15, 0.2) is 5.69 Å². The van der Waals surface area contributed by atoms with Gasteiger partial charge in [0.1, 0.15) is 5.69 Å². The van der Waals surface area contributed by atoms with E-state index in [1.54, 1.807) is 28.0 Å². The molecule has 4 rings (SSSR count). The van der Waals surface area contributed by atoms with Gasteiger partial charge < -0.3 is 15.3 Å². The van der Waals surface area contributed by atoms with Crippen LogP contribution in [-0.4, -0.2) is 71.3 Å². The van der Waals surface area contributed by atoms with E-state index < -0.39 is 5.60 Å². The van der Waals surface area contributed by atoms with Crippen LogP contribution >= 0.6 is 0 Å². The average Bonchev–Trinajstić information content (AvgIpc) is 3.49. The van der Waals surface area contributed by atoms with Gasteiger partial charge in [-0.2, -0.15) is 5.10 Å². The van der Waals surface area contributed by atoms with E-state index >= 15 is 0 Å². The van der Waals surface area contributed by atoms with E-state index in [4.69, 9.17) is 0 Å². The van der Waals surface area contributed by atoms with Crippen molar-refractivity contribution in [2.75, 3.05) is 13.1 Å². The van der Waals surface area contributed by atoms with Crippen molar-refractivity contribution in [2.24, 2.45) is 0 Å². The van der Waals surface area contributed by atoms with Crippen LogP contribution in [-0.2, 0) is 13.1 Å². The number of carbonyl (C=O) groups excluding carboxylic acids is 2. The van der Waals surface area contributed by atoms with Gasteiger partial charge in [-0.05, 0) is 38.7 Å². The van der Waals surface area contributed by atoms with Crippen molar-refractivity contribution in [2.45, 2.75) is 70.2 Å². The Morgan fingerprint density at radius 1 is 1.20 bits per heavy atom. The molecule has 2 amide bonds. The van der Waals surface area contributed by atoms with E-state index in [9.17, 15) is 14.7 Å². The lowest BCUT2D eigenvalue weighted by Gasteiger charge is -2.37. The molecule has 2 aliphatic rings. The van der Waals surface area contributed by atoms with Crippen molar-refractivity contribution in [1.29, 1.82) is 0 Å². The van der Waals surface area contributed by atoms with Crippen LogP contribution in [0.2, 0.25) is 0 Å². The molecule has 0 unspecified atom stereocenters. The molecule has 30 heavy (non-hydrogen) atoms. The summed E-state index contributed by atoms with van der Waals surface area (Å²) in [6.07, 6.45) is 8.53. The molecule has 10 nitrogen and oxygen atoms in total. The third-order valence-electron chi connectivity index (χ3n) is 6.08. The molecule has 1 aliphatic carbocycles. The van der Waals surface area contributed by atoms with E-state index in [2.05, 4.69) is 20.7 Å². The second-order valence-electron chi connectivity index (χ2n) is 8.33. The molecule has 10 heteroatoms. The summed E-state index contributed by atoms with van der Waals surface area (Å²) in [6, 6.07) is 1.94. The third-order valence-corrected chi connectivity index (χ3v) is 6.08. The maximum absolute atomic E-state index is 12.6. The normalized spacial score (nSPS) is 19.2. The number of likely N-dealkylation sites (tertiary alicyclic amines) is 1. The molecule has 1 saturated carbocycles. The highest BCUT2D eigenvalue weighted by molar-refractivity contribution is 5.92. The Morgan fingerprint density at radius 3 is 2.60 bits per heavy atom. The summed E-state index contributed by atoms with van der Waals surface area (Å²) in [4.78, 5) is 26.7. The molecule has 1 saturated heterocycles. The highest BCUT2D eigenvalue weighted by Gasteiger charge is 2.35. The molecular formula is C20H29N7O3. The molecule has 3 heterocycles. The van der Waals surface area contributed by atoms with Gasteiger partial charge in [-0.3, -0.25) is 14.3 Å². The molecule has 1 aliphatic heterocycles. The fourth-order valence-corrected chi connectivity index (χ4v) is 4.21. The molecular weight excluding hydrogens is 386 g/mol. The number of rotatable bonds is 6. The lowest BCUT2D eigenvalue weighted by Crippen LogP contribution is -2.48. The van der Waals surface area contributed by atoms with Crippen molar-refractivity contribution >= 4 is 11.8 Å². The van der Waals surface area contributed by atoms with Gasteiger partial charge in [0.25, 0.3) is 11.8 Å². The summed E-state index contributed by atoms with van der Waals surface area (Å²) in [5.74, 6) is -0.331. The molecule has 0 radical (unpaired) electrons. The summed E-state index contributed by atoms with van der Waals surface area (Å²) in [7, 11) is 0. The van der Waals surface area contributed by atoms with Crippen LogP contribution in [0.25, 0.3) is 0 Å².